The van der Waals surface area contributed by atoms with Crippen LogP contribution < -0.4 is 10.1 Å². The highest BCUT2D eigenvalue weighted by atomic mass is 35.5. The number of alkyl halides is 1. The largest absolute Gasteiger partial charge is 0.497 e. The Morgan fingerprint density at radius 1 is 1.24 bits per heavy atom. The number of thioether (sulfide) groups is 2. The second-order valence-corrected chi connectivity index (χ2v) is 10.3. The Morgan fingerprint density at radius 3 is 2.62 bits per heavy atom. The van der Waals surface area contributed by atoms with Crippen LogP contribution in [-0.4, -0.2) is 57.3 Å². The van der Waals surface area contributed by atoms with Crippen LogP contribution in [-0.2, 0) is 20.8 Å². The van der Waals surface area contributed by atoms with E-state index in [1.54, 1.807) is 7.11 Å². The third kappa shape index (κ3) is 5.21. The molecule has 1 saturated heterocycles. The maximum Gasteiger partial charge on any atom is 0.352 e. The molecule has 0 radical (unpaired) electrons. The molecule has 0 aromatic heterocycles. The molecule has 10 heteroatoms. The molecule has 2 aromatic rings. The molecule has 0 spiro atoms. The molecule has 0 bridgehead atoms. The van der Waals surface area contributed by atoms with Gasteiger partial charge in [-0.2, -0.15) is 0 Å². The number of amides is 2. The summed E-state index contributed by atoms with van der Waals surface area (Å²) in [4.78, 5) is 38.7. The first-order chi connectivity index (χ1) is 16.4. The molecule has 7 nitrogen and oxygen atoms in total. The van der Waals surface area contributed by atoms with Crippen molar-refractivity contribution in [1.29, 1.82) is 0 Å². The predicted molar refractivity (Wildman–Crippen MR) is 133 cm³/mol. The number of carbonyl (C=O) groups excluding carboxylic acids is 2. The number of rotatable bonds is 9. The summed E-state index contributed by atoms with van der Waals surface area (Å²) in [5, 5.41) is 11.6. The lowest BCUT2D eigenvalue weighted by atomic mass is 10.1. The molecule has 2 N–H and O–H groups in total. The minimum Gasteiger partial charge on any atom is -0.497 e. The summed E-state index contributed by atoms with van der Waals surface area (Å²) >= 11 is 8.81. The van der Waals surface area contributed by atoms with Crippen molar-refractivity contribution in [2.45, 2.75) is 28.5 Å². The molecule has 1 fully saturated rings. The van der Waals surface area contributed by atoms with Gasteiger partial charge in [0.1, 0.15) is 16.8 Å². The molecule has 0 aliphatic carbocycles. The van der Waals surface area contributed by atoms with Crippen LogP contribution in [0.25, 0.3) is 0 Å². The lowest BCUT2D eigenvalue weighted by molar-refractivity contribution is -0.146. The number of nitrogens with one attached hydrogen (secondary N) is 1. The average Bonchev–Trinajstić information content (AvgIpc) is 2.83. The molecule has 2 heterocycles. The molecule has 2 aliphatic rings. The Balaban J connectivity index is 1.42. The van der Waals surface area contributed by atoms with E-state index < -0.39 is 11.3 Å². The van der Waals surface area contributed by atoms with E-state index in [2.05, 4.69) is 5.32 Å². The highest BCUT2D eigenvalue weighted by Crippen LogP contribution is 2.43. The zero-order valence-corrected chi connectivity index (χ0v) is 20.7. The first kappa shape index (κ1) is 24.5. The van der Waals surface area contributed by atoms with Crippen molar-refractivity contribution < 1.29 is 24.2 Å². The zero-order chi connectivity index (χ0) is 24.2. The van der Waals surface area contributed by atoms with Crippen molar-refractivity contribution in [2.24, 2.45) is 0 Å². The Bertz CT molecular complexity index is 1140. The number of β-lactam (4-membered cyclic amide) rings is 1. The fourth-order valence-corrected chi connectivity index (χ4v) is 6.56. The third-order valence-corrected chi connectivity index (χ3v) is 8.35. The van der Waals surface area contributed by atoms with Crippen molar-refractivity contribution in [1.82, 2.24) is 10.2 Å². The number of ether oxygens (including phenoxy) is 1. The van der Waals surface area contributed by atoms with Crippen LogP contribution in [0.3, 0.4) is 0 Å². The number of aliphatic carboxylic acids is 1. The Hall–Kier alpha value is -2.62. The van der Waals surface area contributed by atoms with Crippen molar-refractivity contribution in [3.8, 4) is 5.75 Å². The Kier molecular flexibility index (Phi) is 7.75. The average molecular weight is 519 g/mol. The normalized spacial score (nSPS) is 19.4. The fraction of sp³-hybridized carbons (Fsp3) is 0.292. The van der Waals surface area contributed by atoms with Crippen LogP contribution in [0.4, 0.5) is 0 Å². The molecule has 4 rings (SSSR count). The van der Waals surface area contributed by atoms with Gasteiger partial charge in [0.15, 0.2) is 0 Å². The second-order valence-electron chi connectivity index (χ2n) is 7.74. The number of halogens is 1. The third-order valence-electron chi connectivity index (χ3n) is 5.58. The number of carboxylic acids is 1. The molecule has 34 heavy (non-hydrogen) atoms. The van der Waals surface area contributed by atoms with Crippen LogP contribution in [0, 0.1) is 0 Å². The van der Waals surface area contributed by atoms with Gasteiger partial charge in [0.25, 0.3) is 0 Å². The maximum atomic E-state index is 12.8. The highest BCUT2D eigenvalue weighted by Gasteiger charge is 2.48. The Labute approximate surface area is 210 Å². The van der Waals surface area contributed by atoms with Gasteiger partial charge in [0.05, 0.1) is 24.7 Å². The summed E-state index contributed by atoms with van der Waals surface area (Å²) in [5.41, 5.74) is 2.46. The summed E-state index contributed by atoms with van der Waals surface area (Å²) in [6.07, 6.45) is 0.969. The van der Waals surface area contributed by atoms with Gasteiger partial charge in [-0.15, -0.1) is 35.1 Å². The monoisotopic (exact) mass is 518 g/mol. The van der Waals surface area contributed by atoms with Crippen LogP contribution in [0.15, 0.2) is 64.7 Å². The van der Waals surface area contributed by atoms with Crippen LogP contribution >= 0.6 is 35.1 Å². The number of methoxy groups -OCH3 is 1. The Morgan fingerprint density at radius 2 is 1.97 bits per heavy atom. The summed E-state index contributed by atoms with van der Waals surface area (Å²) in [5.74, 6) is -0.806. The van der Waals surface area contributed by atoms with E-state index in [1.807, 2.05) is 48.5 Å². The summed E-state index contributed by atoms with van der Waals surface area (Å²) < 4.78 is 5.21. The van der Waals surface area contributed by atoms with Crippen LogP contribution in [0.5, 0.6) is 5.75 Å². The quantitative estimate of drug-likeness (QED) is 0.297. The van der Waals surface area contributed by atoms with E-state index >= 15 is 0 Å². The van der Waals surface area contributed by atoms with Crippen LogP contribution in [0.2, 0.25) is 0 Å². The summed E-state index contributed by atoms with van der Waals surface area (Å²) in [7, 11) is 1.63. The van der Waals surface area contributed by atoms with Gasteiger partial charge in [-0.3, -0.25) is 14.5 Å². The number of carboxylic acid groups (broad SMARTS) is 1. The molecule has 1 unspecified atom stereocenters. The van der Waals surface area contributed by atoms with Crippen molar-refractivity contribution in [3.63, 3.8) is 0 Å². The van der Waals surface area contributed by atoms with Gasteiger partial charge in [-0.1, -0.05) is 30.3 Å². The molecule has 2 aromatic carbocycles. The lowest BCUT2D eigenvalue weighted by Gasteiger charge is -2.46. The molecule has 2 aliphatic heterocycles. The predicted octanol–water partition coefficient (Wildman–Crippen LogP) is 3.70. The highest BCUT2D eigenvalue weighted by molar-refractivity contribution is 8.01. The molecule has 2 amide bonds. The number of carbonyl (C=O) groups is 3. The summed E-state index contributed by atoms with van der Waals surface area (Å²) in [6, 6.07) is 15.8. The van der Waals surface area contributed by atoms with Gasteiger partial charge in [0.2, 0.25) is 11.8 Å². The van der Waals surface area contributed by atoms with Gasteiger partial charge in [-0.05, 0) is 35.7 Å². The molecule has 0 saturated carbocycles. The number of hydrogen-bond acceptors (Lipinski definition) is 6. The minimum atomic E-state index is -1.21. The molecule has 2 atom stereocenters. The van der Waals surface area contributed by atoms with Crippen molar-refractivity contribution >= 4 is 52.9 Å². The molecular weight excluding hydrogens is 496 g/mol. The van der Waals surface area contributed by atoms with E-state index in [4.69, 9.17) is 16.3 Å². The van der Waals surface area contributed by atoms with Gasteiger partial charge >= 0.3 is 5.97 Å². The van der Waals surface area contributed by atoms with Gasteiger partial charge in [0, 0.05) is 16.3 Å². The SMILES string of the molecule is COc1ccc(Cc2ccccc2SCC(=O)NC2S[C@@H]3CC(=O)N3C(C(=O)O)=C2CCl)cc1. The smallest absolute Gasteiger partial charge is 0.352 e. The zero-order valence-electron chi connectivity index (χ0n) is 18.3. The molecule has 178 valence electrons. The van der Waals surface area contributed by atoms with Crippen molar-refractivity contribution in [2.75, 3.05) is 18.7 Å². The minimum absolute atomic E-state index is 0.0894. The van der Waals surface area contributed by atoms with Crippen LogP contribution in [0.1, 0.15) is 17.5 Å². The van der Waals surface area contributed by atoms with E-state index in [9.17, 15) is 19.5 Å². The van der Waals surface area contributed by atoms with Gasteiger partial charge < -0.3 is 15.2 Å². The van der Waals surface area contributed by atoms with Gasteiger partial charge in [-0.25, -0.2) is 4.79 Å². The number of hydrogen-bond donors (Lipinski definition) is 2. The first-order valence-electron chi connectivity index (χ1n) is 10.5. The number of nitrogens with zero attached hydrogens (tertiary/aromatic N) is 1. The standard InChI is InChI=1S/C24H23ClN2O5S2/c1-32-16-8-6-14(7-9-16)10-15-4-2-3-5-18(15)33-13-19(28)26-23-17(12-25)22(24(30)31)27-20(29)11-21(27)34-23/h2-9,21,23H,10-13H2,1H3,(H,26,28)(H,30,31)/t21-,23?/m1/s1. The van der Waals surface area contributed by atoms with Crippen molar-refractivity contribution in [3.05, 3.63) is 70.9 Å². The lowest BCUT2D eigenvalue weighted by Crippen LogP contribution is -2.57. The first-order valence-corrected chi connectivity index (χ1v) is 13.0. The fourth-order valence-electron chi connectivity index (χ4n) is 3.86. The molecular formula is C24H23ClN2O5S2. The second kappa shape index (κ2) is 10.8. The topological polar surface area (TPSA) is 95.9 Å². The maximum absolute atomic E-state index is 12.8. The number of benzene rings is 2. The van der Waals surface area contributed by atoms with E-state index in [-0.39, 0.29) is 40.9 Å². The van der Waals surface area contributed by atoms with E-state index in [0.717, 1.165) is 28.2 Å². The summed E-state index contributed by atoms with van der Waals surface area (Å²) in [6.45, 7) is 0. The van der Waals surface area contributed by atoms with E-state index in [1.165, 1.54) is 28.4 Å². The number of fused-ring (bicyclic) bond motifs is 1. The van der Waals surface area contributed by atoms with E-state index in [0.29, 0.717) is 5.57 Å².